The summed E-state index contributed by atoms with van der Waals surface area (Å²) in [7, 11) is -0.325. The van der Waals surface area contributed by atoms with Crippen LogP contribution in [0, 0.1) is 5.41 Å². The number of guanidine groups is 1. The largest absolute Gasteiger partial charge is 0.356 e. The van der Waals surface area contributed by atoms with Crippen molar-refractivity contribution in [2.45, 2.75) is 51.6 Å². The van der Waals surface area contributed by atoms with Crippen molar-refractivity contribution >= 4 is 16.0 Å². The zero-order valence-corrected chi connectivity index (χ0v) is 17.8. The van der Waals surface area contributed by atoms with Crippen LogP contribution < -0.4 is 5.32 Å². The van der Waals surface area contributed by atoms with Gasteiger partial charge in [-0.05, 0) is 38.5 Å². The monoisotopic (exact) mass is 380 g/mol. The molecule has 0 amide bonds. The Kier molecular flexibility index (Phi) is 5.73. The van der Waals surface area contributed by atoms with Gasteiger partial charge in [-0.3, -0.25) is 0 Å². The summed E-state index contributed by atoms with van der Waals surface area (Å²) in [5, 5.41) is 3.37. The minimum Gasteiger partial charge on any atom is -0.356 e. The molecular weight excluding hydrogens is 348 g/mol. The molecule has 0 bridgehead atoms. The van der Waals surface area contributed by atoms with E-state index in [1.54, 1.807) is 12.1 Å². The summed E-state index contributed by atoms with van der Waals surface area (Å²) in [6.07, 6.45) is 0. The van der Waals surface area contributed by atoms with E-state index in [0.29, 0.717) is 11.4 Å². The minimum absolute atomic E-state index is 0.0393. The van der Waals surface area contributed by atoms with Crippen LogP contribution >= 0.6 is 0 Å². The number of rotatable bonds is 5. The van der Waals surface area contributed by atoms with Crippen molar-refractivity contribution < 1.29 is 8.42 Å². The zero-order valence-electron chi connectivity index (χ0n) is 17.0. The fraction of sp³-hybridized carbons (Fsp3) is 0.632. The third-order valence-corrected chi connectivity index (χ3v) is 7.42. The van der Waals surface area contributed by atoms with Gasteiger partial charge in [0.25, 0.3) is 0 Å². The molecule has 0 atom stereocenters. The Hall–Kier alpha value is -1.60. The maximum Gasteiger partial charge on any atom is 0.242 e. The number of aliphatic imine (C=N–C) groups is 1. The van der Waals surface area contributed by atoms with Gasteiger partial charge in [0.05, 0.1) is 11.4 Å². The summed E-state index contributed by atoms with van der Waals surface area (Å²) in [6, 6.07) is 6.94. The highest BCUT2D eigenvalue weighted by Crippen LogP contribution is 2.46. The lowest BCUT2D eigenvalue weighted by molar-refractivity contribution is -0.0667. The van der Waals surface area contributed by atoms with Gasteiger partial charge in [-0.25, -0.2) is 17.7 Å². The first-order valence-electron chi connectivity index (χ1n) is 9.01. The highest BCUT2D eigenvalue weighted by atomic mass is 32.2. The predicted octanol–water partition coefficient (Wildman–Crippen LogP) is 2.52. The van der Waals surface area contributed by atoms with Crippen molar-refractivity contribution in [2.24, 2.45) is 10.4 Å². The van der Waals surface area contributed by atoms with Gasteiger partial charge >= 0.3 is 0 Å². The van der Waals surface area contributed by atoms with Crippen molar-refractivity contribution in [3.8, 4) is 0 Å². The van der Waals surface area contributed by atoms with Crippen LogP contribution in [0.15, 0.2) is 34.2 Å². The molecule has 1 aliphatic heterocycles. The van der Waals surface area contributed by atoms with Crippen LogP contribution in [0.3, 0.4) is 0 Å². The van der Waals surface area contributed by atoms with Crippen LogP contribution in [0.5, 0.6) is 0 Å². The lowest BCUT2D eigenvalue weighted by Crippen LogP contribution is -2.72. The van der Waals surface area contributed by atoms with Crippen molar-refractivity contribution in [3.63, 3.8) is 0 Å². The van der Waals surface area contributed by atoms with Gasteiger partial charge in [0.2, 0.25) is 10.0 Å². The van der Waals surface area contributed by atoms with Crippen molar-refractivity contribution in [3.05, 3.63) is 29.8 Å². The smallest absolute Gasteiger partial charge is 0.242 e. The van der Waals surface area contributed by atoms with Gasteiger partial charge in [-0.2, -0.15) is 0 Å². The van der Waals surface area contributed by atoms with Crippen LogP contribution in [0.1, 0.15) is 40.2 Å². The molecule has 1 N–H and O–H groups in total. The van der Waals surface area contributed by atoms with E-state index in [1.807, 2.05) is 12.1 Å². The fourth-order valence-electron chi connectivity index (χ4n) is 2.94. The quantitative estimate of drug-likeness (QED) is 0.630. The molecule has 26 heavy (non-hydrogen) atoms. The van der Waals surface area contributed by atoms with Crippen LogP contribution in [0.2, 0.25) is 0 Å². The van der Waals surface area contributed by atoms with Crippen LogP contribution in [-0.2, 0) is 16.6 Å². The van der Waals surface area contributed by atoms with Gasteiger partial charge in [0, 0.05) is 38.1 Å². The van der Waals surface area contributed by atoms with E-state index in [9.17, 15) is 8.42 Å². The molecule has 1 aromatic carbocycles. The molecule has 1 heterocycles. The number of nitrogens with zero attached hydrogens (tertiary/aromatic N) is 3. The summed E-state index contributed by atoms with van der Waals surface area (Å²) >= 11 is 0. The molecular formula is C19H32N4O2S. The molecule has 1 aliphatic rings. The summed E-state index contributed by atoms with van der Waals surface area (Å²) in [5.41, 5.74) is 1.26. The molecule has 0 spiro atoms. The summed E-state index contributed by atoms with van der Waals surface area (Å²) in [4.78, 5) is 7.37. The Morgan fingerprint density at radius 2 is 1.77 bits per heavy atom. The highest BCUT2D eigenvalue weighted by molar-refractivity contribution is 7.89. The maximum absolute atomic E-state index is 12.1. The first-order valence-corrected chi connectivity index (χ1v) is 10.4. The van der Waals surface area contributed by atoms with E-state index in [-0.39, 0.29) is 11.0 Å². The second-order valence-electron chi connectivity index (χ2n) is 8.13. The minimum atomic E-state index is -3.39. The Labute approximate surface area is 158 Å². The standard InChI is InChI=1S/C19H32N4O2S/c1-8-20-17(23-14-18(2,3)19(23,4)5)21-13-15-9-11-16(12-10-15)26(24,25)22(6)7/h9-12H,8,13-14H2,1-7H3,(H,20,21). The molecule has 146 valence electrons. The SMILES string of the molecule is CCNC(=NCc1ccc(S(=O)(=O)N(C)C)cc1)N1CC(C)(C)C1(C)C. The Bertz CT molecular complexity index is 765. The van der Waals surface area contributed by atoms with Gasteiger partial charge in [0.15, 0.2) is 5.96 Å². The molecule has 1 saturated heterocycles. The van der Waals surface area contributed by atoms with Crippen molar-refractivity contribution in [1.82, 2.24) is 14.5 Å². The van der Waals surface area contributed by atoms with E-state index < -0.39 is 10.0 Å². The summed E-state index contributed by atoms with van der Waals surface area (Å²) in [5.74, 6) is 0.904. The van der Waals surface area contributed by atoms with Crippen LogP contribution in [0.25, 0.3) is 0 Å². The summed E-state index contributed by atoms with van der Waals surface area (Å²) in [6.45, 7) is 13.4. The van der Waals surface area contributed by atoms with E-state index in [2.05, 4.69) is 44.8 Å². The molecule has 7 heteroatoms. The van der Waals surface area contributed by atoms with Gasteiger partial charge in [0.1, 0.15) is 0 Å². The lowest BCUT2D eigenvalue weighted by atomic mass is 9.65. The van der Waals surface area contributed by atoms with Crippen molar-refractivity contribution in [2.75, 3.05) is 27.2 Å². The molecule has 6 nitrogen and oxygen atoms in total. The number of hydrogen-bond acceptors (Lipinski definition) is 3. The Balaban J connectivity index is 2.16. The number of nitrogens with one attached hydrogen (secondary N) is 1. The van der Waals surface area contributed by atoms with Crippen LogP contribution in [-0.4, -0.2) is 56.3 Å². The Morgan fingerprint density at radius 1 is 1.19 bits per heavy atom. The van der Waals surface area contributed by atoms with E-state index in [0.717, 1.165) is 24.6 Å². The van der Waals surface area contributed by atoms with Crippen LogP contribution in [0.4, 0.5) is 0 Å². The third-order valence-electron chi connectivity index (χ3n) is 5.59. The fourth-order valence-corrected chi connectivity index (χ4v) is 3.84. The molecule has 1 aromatic rings. The molecule has 0 saturated carbocycles. The van der Waals surface area contributed by atoms with E-state index in [4.69, 9.17) is 4.99 Å². The first-order chi connectivity index (χ1) is 11.9. The van der Waals surface area contributed by atoms with Crippen molar-refractivity contribution in [1.29, 1.82) is 0 Å². The molecule has 0 aromatic heterocycles. The Morgan fingerprint density at radius 3 is 2.19 bits per heavy atom. The number of likely N-dealkylation sites (tertiary alicyclic amines) is 1. The zero-order chi connectivity index (χ0) is 19.8. The molecule has 0 unspecified atom stereocenters. The van der Waals surface area contributed by atoms with E-state index in [1.165, 1.54) is 18.4 Å². The molecule has 0 aliphatic carbocycles. The molecule has 0 radical (unpaired) electrons. The van der Waals surface area contributed by atoms with Gasteiger partial charge in [-0.1, -0.05) is 26.0 Å². The predicted molar refractivity (Wildman–Crippen MR) is 107 cm³/mol. The maximum atomic E-state index is 12.1. The second-order valence-corrected chi connectivity index (χ2v) is 10.3. The summed E-state index contributed by atoms with van der Waals surface area (Å²) < 4.78 is 25.5. The van der Waals surface area contributed by atoms with E-state index >= 15 is 0 Å². The number of benzene rings is 1. The van der Waals surface area contributed by atoms with Gasteiger partial charge in [-0.15, -0.1) is 0 Å². The first kappa shape index (κ1) is 20.7. The average molecular weight is 381 g/mol. The normalized spacial score (nSPS) is 19.4. The third kappa shape index (κ3) is 3.74. The highest BCUT2D eigenvalue weighted by Gasteiger charge is 2.53. The number of sulfonamides is 1. The molecule has 2 rings (SSSR count). The number of hydrogen-bond donors (Lipinski definition) is 1. The lowest BCUT2D eigenvalue weighted by Gasteiger charge is -2.62. The topological polar surface area (TPSA) is 65.0 Å². The molecule has 1 fully saturated rings. The average Bonchev–Trinajstić information content (AvgIpc) is 2.57. The second kappa shape index (κ2) is 7.19. The van der Waals surface area contributed by atoms with Gasteiger partial charge < -0.3 is 10.2 Å².